The van der Waals surface area contributed by atoms with Crippen LogP contribution < -0.4 is 10.5 Å². The van der Waals surface area contributed by atoms with E-state index >= 15 is 0 Å². The fourth-order valence-electron chi connectivity index (χ4n) is 2.73. The lowest BCUT2D eigenvalue weighted by Crippen LogP contribution is -2.12. The van der Waals surface area contributed by atoms with Gasteiger partial charge in [-0.15, -0.1) is 0 Å². The third-order valence-corrected chi connectivity index (χ3v) is 4.07. The maximum Gasteiger partial charge on any atom is 0.222 e. The Morgan fingerprint density at radius 1 is 1.25 bits per heavy atom. The molecule has 0 saturated heterocycles. The summed E-state index contributed by atoms with van der Waals surface area (Å²) in [6, 6.07) is 5.85. The second kappa shape index (κ2) is 5.19. The monoisotopic (exact) mass is 272 g/mol. The molecule has 1 aromatic heterocycles. The summed E-state index contributed by atoms with van der Waals surface area (Å²) in [7, 11) is 0. The van der Waals surface area contributed by atoms with E-state index in [0.717, 1.165) is 35.4 Å². The van der Waals surface area contributed by atoms with E-state index < -0.39 is 0 Å². The lowest BCUT2D eigenvalue weighted by atomic mass is 10.0. The Bertz CT molecular complexity index is 613. The first-order valence-corrected chi connectivity index (χ1v) is 7.14. The van der Waals surface area contributed by atoms with E-state index in [1.807, 2.05) is 6.07 Å². The minimum atomic E-state index is 0.318. The standard InChI is InChI=1S/C16H20N2O2/c1-10-7-8-13(14-9-15(17)20-18-14)16(11(10)2)19-12-5-3-4-6-12/h7-9,12H,3-6,17H2,1-2H3. The molecule has 0 radical (unpaired) electrons. The highest BCUT2D eigenvalue weighted by atomic mass is 16.5. The Morgan fingerprint density at radius 3 is 2.65 bits per heavy atom. The molecular formula is C16H20N2O2. The predicted molar refractivity (Wildman–Crippen MR) is 78.7 cm³/mol. The average Bonchev–Trinajstić information content (AvgIpc) is 3.07. The smallest absolute Gasteiger partial charge is 0.222 e. The van der Waals surface area contributed by atoms with Gasteiger partial charge in [0, 0.05) is 11.6 Å². The summed E-state index contributed by atoms with van der Waals surface area (Å²) in [6.45, 7) is 4.18. The zero-order chi connectivity index (χ0) is 14.1. The van der Waals surface area contributed by atoms with Gasteiger partial charge in [0.05, 0.1) is 6.10 Å². The normalized spacial score (nSPS) is 15.7. The van der Waals surface area contributed by atoms with Crippen LogP contribution in [0, 0.1) is 13.8 Å². The van der Waals surface area contributed by atoms with Crippen molar-refractivity contribution in [2.45, 2.75) is 45.6 Å². The zero-order valence-corrected chi connectivity index (χ0v) is 12.0. The summed E-state index contributed by atoms with van der Waals surface area (Å²) < 4.78 is 11.2. The number of hydrogen-bond acceptors (Lipinski definition) is 4. The second-order valence-electron chi connectivity index (χ2n) is 5.52. The van der Waals surface area contributed by atoms with Gasteiger partial charge >= 0.3 is 0 Å². The van der Waals surface area contributed by atoms with Crippen LogP contribution in [0.5, 0.6) is 5.75 Å². The average molecular weight is 272 g/mol. The van der Waals surface area contributed by atoms with Gasteiger partial charge in [0.2, 0.25) is 5.88 Å². The number of ether oxygens (including phenoxy) is 1. The maximum atomic E-state index is 6.26. The molecule has 20 heavy (non-hydrogen) atoms. The summed E-state index contributed by atoms with van der Waals surface area (Å²) in [5, 5.41) is 4.01. The molecule has 2 N–H and O–H groups in total. The highest BCUT2D eigenvalue weighted by Gasteiger charge is 2.21. The van der Waals surface area contributed by atoms with Crippen LogP contribution >= 0.6 is 0 Å². The summed E-state index contributed by atoms with van der Waals surface area (Å²) in [4.78, 5) is 0. The van der Waals surface area contributed by atoms with E-state index in [2.05, 4.69) is 25.1 Å². The molecular weight excluding hydrogens is 252 g/mol. The second-order valence-corrected chi connectivity index (χ2v) is 5.52. The van der Waals surface area contributed by atoms with Crippen molar-refractivity contribution in [3.63, 3.8) is 0 Å². The summed E-state index contributed by atoms with van der Waals surface area (Å²) in [5.41, 5.74) is 9.70. The quantitative estimate of drug-likeness (QED) is 0.921. The largest absolute Gasteiger partial charge is 0.489 e. The first-order chi connectivity index (χ1) is 9.65. The van der Waals surface area contributed by atoms with Crippen LogP contribution in [0.2, 0.25) is 0 Å². The molecule has 1 aliphatic rings. The van der Waals surface area contributed by atoms with Gasteiger partial charge in [-0.25, -0.2) is 0 Å². The summed E-state index contributed by atoms with van der Waals surface area (Å²) in [6.07, 6.45) is 5.09. The number of nitrogen functional groups attached to an aromatic ring is 1. The Kier molecular flexibility index (Phi) is 3.38. The highest BCUT2D eigenvalue weighted by molar-refractivity contribution is 5.71. The van der Waals surface area contributed by atoms with Crippen molar-refractivity contribution in [2.24, 2.45) is 0 Å². The fourth-order valence-corrected chi connectivity index (χ4v) is 2.73. The Labute approximate surface area is 118 Å². The predicted octanol–water partition coefficient (Wildman–Crippen LogP) is 3.86. The molecule has 1 aliphatic carbocycles. The Balaban J connectivity index is 2.02. The van der Waals surface area contributed by atoms with Crippen molar-refractivity contribution in [2.75, 3.05) is 5.73 Å². The van der Waals surface area contributed by atoms with Crippen molar-refractivity contribution < 1.29 is 9.26 Å². The molecule has 4 heteroatoms. The molecule has 106 valence electrons. The van der Waals surface area contributed by atoms with E-state index in [1.54, 1.807) is 6.07 Å². The Hall–Kier alpha value is -1.97. The number of rotatable bonds is 3. The van der Waals surface area contributed by atoms with Crippen LogP contribution in [0.4, 0.5) is 5.88 Å². The number of nitrogens with zero attached hydrogens (tertiary/aromatic N) is 1. The van der Waals surface area contributed by atoms with Gasteiger partial charge in [-0.1, -0.05) is 11.2 Å². The molecule has 0 spiro atoms. The highest BCUT2D eigenvalue weighted by Crippen LogP contribution is 2.37. The molecule has 1 fully saturated rings. The zero-order valence-electron chi connectivity index (χ0n) is 12.0. The third kappa shape index (κ3) is 2.38. The minimum absolute atomic E-state index is 0.318. The first-order valence-electron chi connectivity index (χ1n) is 7.14. The Morgan fingerprint density at radius 2 is 2.00 bits per heavy atom. The van der Waals surface area contributed by atoms with Gasteiger partial charge in [0.1, 0.15) is 11.4 Å². The van der Waals surface area contributed by atoms with E-state index in [4.69, 9.17) is 15.0 Å². The van der Waals surface area contributed by atoms with Crippen LogP contribution in [-0.2, 0) is 0 Å². The maximum absolute atomic E-state index is 6.26. The fraction of sp³-hybridized carbons (Fsp3) is 0.438. The SMILES string of the molecule is Cc1ccc(-c2cc(N)on2)c(OC2CCCC2)c1C. The van der Waals surface area contributed by atoms with Crippen molar-refractivity contribution in [3.8, 4) is 17.0 Å². The van der Waals surface area contributed by atoms with E-state index in [9.17, 15) is 0 Å². The van der Waals surface area contributed by atoms with Crippen LogP contribution in [0.25, 0.3) is 11.3 Å². The van der Waals surface area contributed by atoms with Gasteiger partial charge in [-0.3, -0.25) is 0 Å². The van der Waals surface area contributed by atoms with Crippen LogP contribution in [0.3, 0.4) is 0 Å². The molecule has 1 saturated carbocycles. The molecule has 4 nitrogen and oxygen atoms in total. The third-order valence-electron chi connectivity index (χ3n) is 4.07. The summed E-state index contributed by atoms with van der Waals surface area (Å²) >= 11 is 0. The van der Waals surface area contributed by atoms with Gasteiger partial charge in [-0.05, 0) is 56.7 Å². The number of anilines is 1. The summed E-state index contributed by atoms with van der Waals surface area (Å²) in [5.74, 6) is 1.25. The topological polar surface area (TPSA) is 61.3 Å². The molecule has 1 aromatic carbocycles. The lowest BCUT2D eigenvalue weighted by Gasteiger charge is -2.19. The molecule has 0 aliphatic heterocycles. The van der Waals surface area contributed by atoms with Gasteiger partial charge in [0.25, 0.3) is 0 Å². The van der Waals surface area contributed by atoms with Crippen molar-refractivity contribution >= 4 is 5.88 Å². The van der Waals surface area contributed by atoms with E-state index in [1.165, 1.54) is 18.4 Å². The number of benzene rings is 1. The van der Waals surface area contributed by atoms with Crippen LogP contribution in [0.15, 0.2) is 22.7 Å². The number of aryl methyl sites for hydroxylation is 1. The molecule has 0 unspecified atom stereocenters. The molecule has 0 amide bonds. The van der Waals surface area contributed by atoms with Crippen molar-refractivity contribution in [1.29, 1.82) is 0 Å². The molecule has 3 rings (SSSR count). The van der Waals surface area contributed by atoms with Gasteiger partial charge in [-0.2, -0.15) is 0 Å². The first kappa shape index (κ1) is 13.0. The molecule has 0 atom stereocenters. The number of nitrogens with two attached hydrogens (primary N) is 1. The van der Waals surface area contributed by atoms with Gasteiger partial charge in [0.15, 0.2) is 0 Å². The lowest BCUT2D eigenvalue weighted by molar-refractivity contribution is 0.209. The minimum Gasteiger partial charge on any atom is -0.489 e. The number of hydrogen-bond donors (Lipinski definition) is 1. The molecule has 1 heterocycles. The van der Waals surface area contributed by atoms with Gasteiger partial charge < -0.3 is 15.0 Å². The van der Waals surface area contributed by atoms with E-state index in [0.29, 0.717) is 12.0 Å². The molecule has 2 aromatic rings. The van der Waals surface area contributed by atoms with E-state index in [-0.39, 0.29) is 0 Å². The van der Waals surface area contributed by atoms with Crippen molar-refractivity contribution in [3.05, 3.63) is 29.3 Å². The molecule has 0 bridgehead atoms. The number of aromatic nitrogens is 1. The van der Waals surface area contributed by atoms with Crippen molar-refractivity contribution in [1.82, 2.24) is 5.16 Å². The van der Waals surface area contributed by atoms with Crippen LogP contribution in [0.1, 0.15) is 36.8 Å². The van der Waals surface area contributed by atoms with Crippen LogP contribution in [-0.4, -0.2) is 11.3 Å².